The van der Waals surface area contributed by atoms with Crippen molar-refractivity contribution in [3.05, 3.63) is 35.4 Å². The first-order chi connectivity index (χ1) is 13.8. The van der Waals surface area contributed by atoms with Gasteiger partial charge in [-0.3, -0.25) is 9.89 Å². The lowest BCUT2D eigenvalue weighted by atomic mass is 10.0. The molecule has 172 valence electrons. The normalized spacial score (nSPS) is 18.3. The van der Waals surface area contributed by atoms with Crippen LogP contribution in [0.2, 0.25) is 0 Å². The van der Waals surface area contributed by atoms with Gasteiger partial charge < -0.3 is 15.0 Å². The zero-order valence-corrected chi connectivity index (χ0v) is 20.5. The molecule has 1 heterocycles. The second-order valence-electron chi connectivity index (χ2n) is 7.40. The topological polar surface area (TPSA) is 40.1 Å². The molecule has 1 N–H and O–H groups in total. The monoisotopic (exact) mass is 542 g/mol. The van der Waals surface area contributed by atoms with Crippen molar-refractivity contribution in [2.45, 2.75) is 32.5 Å². The molecule has 30 heavy (non-hydrogen) atoms. The van der Waals surface area contributed by atoms with E-state index < -0.39 is 11.7 Å². The van der Waals surface area contributed by atoms with Gasteiger partial charge in [-0.05, 0) is 37.2 Å². The van der Waals surface area contributed by atoms with Crippen molar-refractivity contribution in [3.8, 4) is 0 Å². The molecule has 2 rings (SSSR count). The lowest BCUT2D eigenvalue weighted by molar-refractivity contribution is -0.137. The minimum Gasteiger partial charge on any atom is -0.381 e. The number of alkyl halides is 3. The number of nitrogens with one attached hydrogen (secondary N) is 1. The fraction of sp³-hybridized carbons (Fsp3) is 0.667. The van der Waals surface area contributed by atoms with E-state index in [0.717, 1.165) is 62.9 Å². The fourth-order valence-corrected chi connectivity index (χ4v) is 3.79. The van der Waals surface area contributed by atoms with Crippen LogP contribution >= 0.6 is 24.0 Å². The highest BCUT2D eigenvalue weighted by atomic mass is 127. The Labute approximate surface area is 195 Å². The van der Waals surface area contributed by atoms with Crippen LogP contribution in [0.15, 0.2) is 29.3 Å². The number of guanidine groups is 1. The summed E-state index contributed by atoms with van der Waals surface area (Å²) in [6, 6.07) is 5.43. The van der Waals surface area contributed by atoms with Crippen molar-refractivity contribution < 1.29 is 17.9 Å². The third-order valence-corrected chi connectivity index (χ3v) is 5.46. The first kappa shape index (κ1) is 27.0. The molecule has 0 saturated carbocycles. The number of hydrogen-bond acceptors (Lipinski definition) is 3. The maximum absolute atomic E-state index is 12.9. The van der Waals surface area contributed by atoms with E-state index in [1.165, 1.54) is 0 Å². The van der Waals surface area contributed by atoms with Gasteiger partial charge in [0.2, 0.25) is 0 Å². The summed E-state index contributed by atoms with van der Waals surface area (Å²) in [6.07, 6.45) is -3.27. The van der Waals surface area contributed by atoms with Crippen molar-refractivity contribution in [2.24, 2.45) is 10.9 Å². The van der Waals surface area contributed by atoms with Crippen LogP contribution < -0.4 is 5.32 Å². The minimum absolute atomic E-state index is 0. The fourth-order valence-electron chi connectivity index (χ4n) is 3.79. The summed E-state index contributed by atoms with van der Waals surface area (Å²) in [7, 11) is 3.74. The van der Waals surface area contributed by atoms with Gasteiger partial charge in [0, 0.05) is 39.7 Å². The summed E-state index contributed by atoms with van der Waals surface area (Å²) in [4.78, 5) is 8.69. The molecular formula is C21H34F3IN4O. The van der Waals surface area contributed by atoms with E-state index in [0.29, 0.717) is 12.5 Å². The summed E-state index contributed by atoms with van der Waals surface area (Å²) >= 11 is 0. The summed E-state index contributed by atoms with van der Waals surface area (Å²) in [6.45, 7) is 8.72. The molecule has 0 amide bonds. The van der Waals surface area contributed by atoms with Crippen LogP contribution in [0.1, 0.15) is 37.4 Å². The number of ether oxygens (including phenoxy) is 1. The third kappa shape index (κ3) is 7.56. The second kappa shape index (κ2) is 12.7. The van der Waals surface area contributed by atoms with Crippen LogP contribution in [0, 0.1) is 5.92 Å². The Morgan fingerprint density at radius 1 is 1.23 bits per heavy atom. The molecule has 1 aliphatic heterocycles. The van der Waals surface area contributed by atoms with Crippen molar-refractivity contribution in [1.29, 1.82) is 0 Å². The van der Waals surface area contributed by atoms with Crippen molar-refractivity contribution in [1.82, 2.24) is 15.1 Å². The van der Waals surface area contributed by atoms with E-state index >= 15 is 0 Å². The lowest BCUT2D eigenvalue weighted by Crippen LogP contribution is -2.45. The number of likely N-dealkylation sites (N-methyl/N-ethyl adjacent to an activating group) is 1. The molecule has 5 nitrogen and oxygen atoms in total. The average Bonchev–Trinajstić information content (AvgIpc) is 3.20. The van der Waals surface area contributed by atoms with Crippen LogP contribution in [-0.4, -0.2) is 69.2 Å². The molecule has 0 radical (unpaired) electrons. The Balaban J connectivity index is 0.00000450. The molecule has 1 aliphatic rings. The average molecular weight is 542 g/mol. The highest BCUT2D eigenvalue weighted by Gasteiger charge is 2.30. The van der Waals surface area contributed by atoms with E-state index in [1.807, 2.05) is 7.05 Å². The Morgan fingerprint density at radius 2 is 1.87 bits per heavy atom. The van der Waals surface area contributed by atoms with Gasteiger partial charge in [0.15, 0.2) is 5.96 Å². The van der Waals surface area contributed by atoms with Crippen LogP contribution in [0.5, 0.6) is 0 Å². The Kier molecular flexibility index (Phi) is 11.4. The molecule has 0 aliphatic carbocycles. The smallest absolute Gasteiger partial charge is 0.381 e. The van der Waals surface area contributed by atoms with Gasteiger partial charge in [-0.2, -0.15) is 13.2 Å². The zero-order valence-electron chi connectivity index (χ0n) is 18.2. The Bertz CT molecular complexity index is 645. The number of halogens is 4. The van der Waals surface area contributed by atoms with Crippen molar-refractivity contribution in [3.63, 3.8) is 0 Å². The van der Waals surface area contributed by atoms with Crippen LogP contribution in [0.25, 0.3) is 0 Å². The van der Waals surface area contributed by atoms with Gasteiger partial charge in [-0.25, -0.2) is 0 Å². The first-order valence-electron chi connectivity index (χ1n) is 10.2. The predicted molar refractivity (Wildman–Crippen MR) is 125 cm³/mol. The van der Waals surface area contributed by atoms with E-state index in [1.54, 1.807) is 19.2 Å². The van der Waals surface area contributed by atoms with Crippen molar-refractivity contribution >= 4 is 29.9 Å². The highest BCUT2D eigenvalue weighted by molar-refractivity contribution is 14.0. The maximum Gasteiger partial charge on any atom is 0.416 e. The molecule has 1 aromatic rings. The van der Waals surface area contributed by atoms with Gasteiger partial charge in [0.05, 0.1) is 18.2 Å². The molecule has 2 unspecified atom stereocenters. The van der Waals surface area contributed by atoms with E-state index in [4.69, 9.17) is 4.74 Å². The summed E-state index contributed by atoms with van der Waals surface area (Å²) in [5.74, 6) is 1.27. The van der Waals surface area contributed by atoms with Crippen LogP contribution in [0.3, 0.4) is 0 Å². The van der Waals surface area contributed by atoms with Crippen molar-refractivity contribution in [2.75, 3.05) is 53.5 Å². The number of hydrogen-bond donors (Lipinski definition) is 1. The second-order valence-corrected chi connectivity index (χ2v) is 7.40. The molecule has 2 atom stereocenters. The number of rotatable bonds is 8. The van der Waals surface area contributed by atoms with E-state index in [9.17, 15) is 13.2 Å². The number of benzene rings is 1. The van der Waals surface area contributed by atoms with Gasteiger partial charge >= 0.3 is 6.18 Å². The van der Waals surface area contributed by atoms with Gasteiger partial charge in [0.25, 0.3) is 0 Å². The highest BCUT2D eigenvalue weighted by Crippen LogP contribution is 2.30. The zero-order chi connectivity index (χ0) is 21.4. The number of aliphatic imine (C=N–C) groups is 1. The molecule has 9 heteroatoms. The first-order valence-corrected chi connectivity index (χ1v) is 10.2. The molecule has 1 fully saturated rings. The lowest BCUT2D eigenvalue weighted by Gasteiger charge is -2.32. The van der Waals surface area contributed by atoms with Crippen LogP contribution in [-0.2, 0) is 10.9 Å². The largest absolute Gasteiger partial charge is 0.416 e. The van der Waals surface area contributed by atoms with Gasteiger partial charge in [-0.1, -0.05) is 26.0 Å². The maximum atomic E-state index is 12.9. The van der Waals surface area contributed by atoms with E-state index in [2.05, 4.69) is 34.0 Å². The van der Waals surface area contributed by atoms with E-state index in [-0.39, 0.29) is 30.0 Å². The predicted octanol–water partition coefficient (Wildman–Crippen LogP) is 4.25. The molecule has 0 spiro atoms. The summed E-state index contributed by atoms with van der Waals surface area (Å²) < 4.78 is 44.2. The quantitative estimate of drug-likeness (QED) is 0.303. The minimum atomic E-state index is -4.32. The van der Waals surface area contributed by atoms with Crippen LogP contribution in [0.4, 0.5) is 13.2 Å². The standard InChI is InChI=1S/C21H33F3N4O.HI/c1-5-28(6-2)19(17-7-9-18(10-8-17)21(22,23)24)13-26-20(25-3)27(4)14-16-11-12-29-15-16;/h7-10,16,19H,5-6,11-15H2,1-4H3,(H,25,26);1H. The molecule has 1 aromatic carbocycles. The SMILES string of the molecule is CCN(CC)C(CNC(=NC)N(C)CC1CCOC1)c1ccc(C(F)(F)F)cc1.I. The molecule has 0 bridgehead atoms. The van der Waals surface area contributed by atoms with Gasteiger partial charge in [0.1, 0.15) is 0 Å². The summed E-state index contributed by atoms with van der Waals surface area (Å²) in [5.41, 5.74) is 0.235. The Morgan fingerprint density at radius 3 is 2.33 bits per heavy atom. The third-order valence-electron chi connectivity index (χ3n) is 5.46. The number of nitrogens with zero attached hydrogens (tertiary/aromatic N) is 3. The molecule has 1 saturated heterocycles. The molecular weight excluding hydrogens is 508 g/mol. The molecule has 0 aromatic heterocycles. The Hall–Kier alpha value is -1.07. The van der Waals surface area contributed by atoms with Gasteiger partial charge in [-0.15, -0.1) is 24.0 Å². The summed E-state index contributed by atoms with van der Waals surface area (Å²) in [5, 5.41) is 3.41.